The van der Waals surface area contributed by atoms with Crippen molar-refractivity contribution >= 4 is 21.4 Å². The highest BCUT2D eigenvalue weighted by Crippen LogP contribution is 2.26. The van der Waals surface area contributed by atoms with Gasteiger partial charge in [0, 0.05) is 31.2 Å². The van der Waals surface area contributed by atoms with Crippen LogP contribution in [0.2, 0.25) is 0 Å². The van der Waals surface area contributed by atoms with Gasteiger partial charge in [0.25, 0.3) is 10.0 Å². The zero-order valence-electron chi connectivity index (χ0n) is 12.0. The average molecular weight is 306 g/mol. The zero-order chi connectivity index (χ0) is 15.0. The van der Waals surface area contributed by atoms with Crippen molar-refractivity contribution in [3.63, 3.8) is 0 Å². The van der Waals surface area contributed by atoms with Gasteiger partial charge in [0.05, 0.1) is 0 Å². The molecule has 2 N–H and O–H groups in total. The van der Waals surface area contributed by atoms with Crippen molar-refractivity contribution in [2.45, 2.75) is 24.8 Å². The second-order valence-electron chi connectivity index (χ2n) is 5.25. The number of hydrogen-bond donors (Lipinski definition) is 2. The first kappa shape index (κ1) is 13.9. The van der Waals surface area contributed by atoms with Gasteiger partial charge >= 0.3 is 0 Å². The number of imidazole rings is 1. The quantitative estimate of drug-likeness (QED) is 0.908. The Kier molecular flexibility index (Phi) is 3.36. The summed E-state index contributed by atoms with van der Waals surface area (Å²) >= 11 is 0. The van der Waals surface area contributed by atoms with Gasteiger partial charge in [0.1, 0.15) is 5.82 Å². The number of hydrogen-bond acceptors (Lipinski definition) is 4. The largest absolute Gasteiger partial charge is 0.385 e. The number of fused-ring (bicyclic) bond motifs is 1. The Labute approximate surface area is 124 Å². The maximum Gasteiger partial charge on any atom is 0.280 e. The molecule has 0 unspecified atom stereocenters. The molecular weight excluding hydrogens is 288 g/mol. The second kappa shape index (κ2) is 5.07. The van der Waals surface area contributed by atoms with Gasteiger partial charge in [0.15, 0.2) is 5.03 Å². The topological polar surface area (TPSA) is 76.0 Å². The number of rotatable bonds is 3. The molecule has 112 valence electrons. The number of sulfonamides is 1. The summed E-state index contributed by atoms with van der Waals surface area (Å²) in [5.74, 6) is 0.657. The fourth-order valence-electron chi connectivity index (χ4n) is 2.40. The molecule has 0 radical (unpaired) electrons. The highest BCUT2D eigenvalue weighted by atomic mass is 32.2. The van der Waals surface area contributed by atoms with Gasteiger partial charge < -0.3 is 9.88 Å². The Balaban J connectivity index is 1.88. The van der Waals surface area contributed by atoms with E-state index in [9.17, 15) is 8.42 Å². The molecule has 21 heavy (non-hydrogen) atoms. The Morgan fingerprint density at radius 1 is 1.38 bits per heavy atom. The third-order valence-corrected chi connectivity index (χ3v) is 4.91. The van der Waals surface area contributed by atoms with Gasteiger partial charge in [-0.05, 0) is 43.5 Å². The van der Waals surface area contributed by atoms with Gasteiger partial charge in [-0.25, -0.2) is 4.98 Å². The number of benzene rings is 1. The first-order chi connectivity index (χ1) is 9.95. The van der Waals surface area contributed by atoms with Crippen LogP contribution in [0, 0.1) is 6.92 Å². The summed E-state index contributed by atoms with van der Waals surface area (Å²) in [7, 11) is -1.87. The van der Waals surface area contributed by atoms with E-state index in [0.717, 1.165) is 30.6 Å². The molecule has 0 bridgehead atoms. The summed E-state index contributed by atoms with van der Waals surface area (Å²) in [6.45, 7) is 2.73. The third-order valence-electron chi connectivity index (χ3n) is 3.66. The molecule has 0 saturated carbocycles. The van der Waals surface area contributed by atoms with E-state index in [1.54, 1.807) is 24.6 Å². The second-order valence-corrected chi connectivity index (χ2v) is 6.87. The van der Waals surface area contributed by atoms with Crippen LogP contribution in [0.3, 0.4) is 0 Å². The molecule has 6 nitrogen and oxygen atoms in total. The molecule has 1 aliphatic heterocycles. The minimum atomic E-state index is -3.64. The first-order valence-electron chi connectivity index (χ1n) is 6.85. The average Bonchev–Trinajstić information content (AvgIpc) is 2.79. The molecule has 0 spiro atoms. The highest BCUT2D eigenvalue weighted by molar-refractivity contribution is 7.92. The van der Waals surface area contributed by atoms with Crippen LogP contribution in [0.25, 0.3) is 0 Å². The molecule has 2 heterocycles. The van der Waals surface area contributed by atoms with Gasteiger partial charge in [-0.1, -0.05) is 0 Å². The minimum absolute atomic E-state index is 0.0401. The molecule has 1 aromatic heterocycles. The molecule has 1 aromatic carbocycles. The van der Waals surface area contributed by atoms with E-state index in [-0.39, 0.29) is 5.03 Å². The van der Waals surface area contributed by atoms with Crippen molar-refractivity contribution in [2.75, 3.05) is 16.6 Å². The number of nitrogens with one attached hydrogen (secondary N) is 2. The monoisotopic (exact) mass is 306 g/mol. The number of aryl methyl sites for hydroxylation is 3. The zero-order valence-corrected chi connectivity index (χ0v) is 12.9. The van der Waals surface area contributed by atoms with Gasteiger partial charge in [-0.2, -0.15) is 8.42 Å². The maximum absolute atomic E-state index is 12.3. The Hall–Kier alpha value is -2.02. The molecule has 2 aromatic rings. The Bertz CT molecular complexity index is 761. The summed E-state index contributed by atoms with van der Waals surface area (Å²) in [4.78, 5) is 4.07. The fraction of sp³-hybridized carbons (Fsp3) is 0.357. The molecule has 0 saturated heterocycles. The van der Waals surface area contributed by atoms with Gasteiger partial charge in [-0.15, -0.1) is 0 Å². The lowest BCUT2D eigenvalue weighted by molar-refractivity contribution is 0.598. The molecule has 1 aliphatic rings. The van der Waals surface area contributed by atoms with Crippen LogP contribution >= 0.6 is 0 Å². The molecule has 3 rings (SSSR count). The van der Waals surface area contributed by atoms with Crippen molar-refractivity contribution < 1.29 is 8.42 Å². The summed E-state index contributed by atoms with van der Waals surface area (Å²) in [6.07, 6.45) is 3.53. The molecule has 0 amide bonds. The van der Waals surface area contributed by atoms with Crippen LogP contribution in [0.5, 0.6) is 0 Å². The lowest BCUT2D eigenvalue weighted by Crippen LogP contribution is -2.15. The number of aromatic nitrogens is 2. The normalized spacial score (nSPS) is 14.4. The van der Waals surface area contributed by atoms with E-state index in [1.807, 2.05) is 12.1 Å². The summed E-state index contributed by atoms with van der Waals surface area (Å²) in [5, 5.41) is 3.34. The van der Waals surface area contributed by atoms with E-state index < -0.39 is 10.0 Å². The van der Waals surface area contributed by atoms with E-state index in [4.69, 9.17) is 0 Å². The predicted molar refractivity (Wildman–Crippen MR) is 82.0 cm³/mol. The van der Waals surface area contributed by atoms with Crippen LogP contribution in [-0.4, -0.2) is 24.5 Å². The van der Waals surface area contributed by atoms with E-state index in [1.165, 1.54) is 6.20 Å². The smallest absolute Gasteiger partial charge is 0.280 e. The van der Waals surface area contributed by atoms with Crippen LogP contribution in [0.4, 0.5) is 11.4 Å². The molecule has 0 fully saturated rings. The molecular formula is C14H18N4O2S. The van der Waals surface area contributed by atoms with Crippen LogP contribution < -0.4 is 10.0 Å². The first-order valence-corrected chi connectivity index (χ1v) is 8.33. The van der Waals surface area contributed by atoms with E-state index >= 15 is 0 Å². The fourth-order valence-corrected chi connectivity index (χ4v) is 3.49. The standard InChI is InChI=1S/C14H18N4O2S/c1-10-16-14(9-18(10)2)21(19,20)17-12-5-6-13-11(8-12)4-3-7-15-13/h5-6,8-9,15,17H,3-4,7H2,1-2H3. The number of nitrogens with zero attached hydrogens (tertiary/aromatic N) is 2. The van der Waals surface area contributed by atoms with E-state index in [2.05, 4.69) is 15.0 Å². The molecule has 0 atom stereocenters. The Morgan fingerprint density at radius 2 is 2.19 bits per heavy atom. The van der Waals surface area contributed by atoms with Crippen molar-refractivity contribution in [2.24, 2.45) is 7.05 Å². The van der Waals surface area contributed by atoms with Gasteiger partial charge in [-0.3, -0.25) is 4.72 Å². The third kappa shape index (κ3) is 2.73. The lowest BCUT2D eigenvalue weighted by atomic mass is 10.0. The van der Waals surface area contributed by atoms with E-state index in [0.29, 0.717) is 11.5 Å². The Morgan fingerprint density at radius 3 is 2.90 bits per heavy atom. The van der Waals surface area contributed by atoms with Gasteiger partial charge in [0.2, 0.25) is 0 Å². The maximum atomic E-state index is 12.3. The van der Waals surface area contributed by atoms with Crippen LogP contribution in [0.1, 0.15) is 17.8 Å². The highest BCUT2D eigenvalue weighted by Gasteiger charge is 2.19. The van der Waals surface area contributed by atoms with Crippen molar-refractivity contribution in [3.8, 4) is 0 Å². The van der Waals surface area contributed by atoms with Crippen molar-refractivity contribution in [1.29, 1.82) is 0 Å². The van der Waals surface area contributed by atoms with Crippen LogP contribution in [0.15, 0.2) is 29.4 Å². The summed E-state index contributed by atoms with van der Waals surface area (Å²) in [6, 6.07) is 5.56. The van der Waals surface area contributed by atoms with Crippen molar-refractivity contribution in [3.05, 3.63) is 35.8 Å². The predicted octanol–water partition coefficient (Wildman–Crippen LogP) is 1.89. The van der Waals surface area contributed by atoms with Crippen molar-refractivity contribution in [1.82, 2.24) is 9.55 Å². The lowest BCUT2D eigenvalue weighted by Gasteiger charge is -2.18. The molecule has 7 heteroatoms. The summed E-state index contributed by atoms with van der Waals surface area (Å²) in [5.41, 5.74) is 2.79. The SMILES string of the molecule is Cc1nc(S(=O)(=O)Nc2ccc3c(c2)CCCN3)cn1C. The molecule has 0 aliphatic carbocycles. The summed E-state index contributed by atoms with van der Waals surface area (Å²) < 4.78 is 28.9. The minimum Gasteiger partial charge on any atom is -0.385 e. The number of anilines is 2. The van der Waals surface area contributed by atoms with Crippen LogP contribution in [-0.2, 0) is 23.5 Å².